The van der Waals surface area contributed by atoms with E-state index in [9.17, 15) is 0 Å². The predicted octanol–water partition coefficient (Wildman–Crippen LogP) is 14.3. The summed E-state index contributed by atoms with van der Waals surface area (Å²) >= 11 is 0. The summed E-state index contributed by atoms with van der Waals surface area (Å²) in [6.45, 7) is 26.6. The Kier molecular flexibility index (Phi) is 6.98. The maximum Gasteiger partial charge on any atom is 0.333 e. The summed E-state index contributed by atoms with van der Waals surface area (Å²) in [6.07, 6.45) is 2.37. The average molecular weight is 817 g/mol. The molecule has 5 aliphatic rings. The van der Waals surface area contributed by atoms with Crippen LogP contribution in [-0.4, -0.2) is 11.4 Å². The van der Waals surface area contributed by atoms with Crippen LogP contribution in [0.5, 0.6) is 0 Å². The molecule has 1 aromatic heterocycles. The molecule has 0 atom stereocenters. The molecule has 3 aliphatic carbocycles. The van der Waals surface area contributed by atoms with Gasteiger partial charge in [0.1, 0.15) is 0 Å². The van der Waals surface area contributed by atoms with Crippen LogP contribution in [0.2, 0.25) is 0 Å². The third-order valence-corrected chi connectivity index (χ3v) is 17.0. The summed E-state index contributed by atoms with van der Waals surface area (Å²) in [5, 5.41) is 2.70. The first-order valence-corrected chi connectivity index (χ1v) is 23.5. The second kappa shape index (κ2) is 11.7. The van der Waals surface area contributed by atoms with Crippen LogP contribution in [0.3, 0.4) is 0 Å². The van der Waals surface area contributed by atoms with Gasteiger partial charge in [-0.05, 0) is 149 Å². The highest BCUT2D eigenvalue weighted by atomic mass is 15.1. The molecule has 7 aromatic carbocycles. The zero-order chi connectivity index (χ0) is 43.5. The molecule has 0 saturated carbocycles. The molecule has 0 spiro atoms. The molecule has 310 valence electrons. The zero-order valence-corrected chi connectivity index (χ0v) is 38.9. The van der Waals surface area contributed by atoms with E-state index < -0.39 is 0 Å². The van der Waals surface area contributed by atoms with Crippen LogP contribution in [0.1, 0.15) is 128 Å². The van der Waals surface area contributed by atoms with Gasteiger partial charge < -0.3 is 9.38 Å². The fourth-order valence-electron chi connectivity index (χ4n) is 13.2. The molecule has 0 bridgehead atoms. The molecular weight excluding hydrogens is 759 g/mol. The van der Waals surface area contributed by atoms with Crippen LogP contribution in [0.4, 0.5) is 11.4 Å². The summed E-state index contributed by atoms with van der Waals surface area (Å²) in [5.41, 5.74) is 27.6. The molecule has 8 aromatic rings. The van der Waals surface area contributed by atoms with Gasteiger partial charge >= 0.3 is 6.85 Å². The average Bonchev–Trinajstić information content (AvgIpc) is 3.79. The van der Waals surface area contributed by atoms with E-state index in [4.69, 9.17) is 0 Å². The largest absolute Gasteiger partial charge is 0.376 e. The SMILES string of the molecule is CC(C)(C)c1ccc(N2B3c4cc5c(cc4-n4c6cc7c(cc6c6ccc(c3c64)-c3cc4c(cc32)C(C)(C)CCC4(C)C)C(C)(C)c2ccccc2-7)-c2ccccc2C5(C)C)cc1. The third-order valence-electron chi connectivity index (χ3n) is 17.0. The lowest BCUT2D eigenvalue weighted by Crippen LogP contribution is -2.61. The smallest absolute Gasteiger partial charge is 0.333 e. The molecule has 13 rings (SSSR count). The van der Waals surface area contributed by atoms with Crippen molar-refractivity contribution >= 4 is 51.0 Å². The highest BCUT2D eigenvalue weighted by Crippen LogP contribution is 2.56. The van der Waals surface area contributed by atoms with Crippen LogP contribution < -0.4 is 15.7 Å². The Morgan fingerprint density at radius 2 is 1.06 bits per heavy atom. The van der Waals surface area contributed by atoms with Gasteiger partial charge in [-0.25, -0.2) is 0 Å². The van der Waals surface area contributed by atoms with E-state index in [-0.39, 0.29) is 33.9 Å². The normalized spacial score (nSPS) is 18.4. The number of benzene rings is 7. The van der Waals surface area contributed by atoms with E-state index in [0.717, 1.165) is 0 Å². The summed E-state index contributed by atoms with van der Waals surface area (Å²) in [7, 11) is 0. The molecule has 2 aliphatic heterocycles. The molecule has 0 saturated heterocycles. The molecule has 0 amide bonds. The number of rotatable bonds is 1. The number of fused-ring (bicyclic) bond motifs is 15. The lowest BCUT2D eigenvalue weighted by molar-refractivity contribution is 0.332. The lowest BCUT2D eigenvalue weighted by Gasteiger charge is -2.46. The van der Waals surface area contributed by atoms with Crippen molar-refractivity contribution in [2.75, 3.05) is 4.81 Å². The van der Waals surface area contributed by atoms with Crippen molar-refractivity contribution in [2.45, 2.75) is 116 Å². The lowest BCUT2D eigenvalue weighted by atomic mass is 9.43. The molecule has 2 nitrogen and oxygen atoms in total. The Morgan fingerprint density at radius 1 is 0.476 bits per heavy atom. The van der Waals surface area contributed by atoms with Gasteiger partial charge in [-0.3, -0.25) is 0 Å². The second-order valence-electron chi connectivity index (χ2n) is 23.2. The fraction of sp³-hybridized carbons (Fsp3) is 0.300. The van der Waals surface area contributed by atoms with Gasteiger partial charge in [-0.2, -0.15) is 0 Å². The zero-order valence-electron chi connectivity index (χ0n) is 38.9. The van der Waals surface area contributed by atoms with Crippen LogP contribution in [0.15, 0.2) is 121 Å². The van der Waals surface area contributed by atoms with Crippen LogP contribution in [0.25, 0.3) is 60.9 Å². The Bertz CT molecular complexity index is 3380. The molecule has 0 unspecified atom stereocenters. The van der Waals surface area contributed by atoms with Gasteiger partial charge in [0.25, 0.3) is 0 Å². The molecule has 0 radical (unpaired) electrons. The summed E-state index contributed by atoms with van der Waals surface area (Å²) < 4.78 is 2.70. The van der Waals surface area contributed by atoms with Gasteiger partial charge in [0.2, 0.25) is 0 Å². The summed E-state index contributed by atoms with van der Waals surface area (Å²) in [6, 6.07) is 48.5. The molecule has 3 heterocycles. The van der Waals surface area contributed by atoms with Gasteiger partial charge in [0.15, 0.2) is 0 Å². The number of anilines is 2. The third kappa shape index (κ3) is 4.66. The Balaban J connectivity index is 1.20. The van der Waals surface area contributed by atoms with Crippen molar-refractivity contribution in [1.82, 2.24) is 4.57 Å². The molecule has 0 fully saturated rings. The predicted molar refractivity (Wildman–Crippen MR) is 269 cm³/mol. The summed E-state index contributed by atoms with van der Waals surface area (Å²) in [5.74, 6) is 0. The van der Waals surface area contributed by atoms with Crippen molar-refractivity contribution in [3.63, 3.8) is 0 Å². The summed E-state index contributed by atoms with van der Waals surface area (Å²) in [4.78, 5) is 2.77. The Hall–Kier alpha value is -5.80. The Morgan fingerprint density at radius 3 is 1.70 bits per heavy atom. The van der Waals surface area contributed by atoms with Gasteiger partial charge in [0, 0.05) is 44.2 Å². The standard InChI is InChI=1S/C60H57BN2/c1-56(2,3)34-20-22-35(23-21-34)63-52-33-49-48(57(4,5)26-27-58(49,6)7)29-42(52)38-24-25-39-43-28-46-40(36-16-12-14-18-44(36)59(46,8)9)30-51(43)62-53-31-41-37-17-13-15-19-45(37)60(10,11)47(41)32-50(53)61(63)54(38)55(39)62/h12-25,28-33H,26-27H2,1-11H3. The van der Waals surface area contributed by atoms with E-state index in [0.29, 0.717) is 0 Å². The number of nitrogens with zero attached hydrogens (tertiary/aromatic N) is 2. The molecule has 3 heteroatoms. The minimum atomic E-state index is -0.134. The maximum absolute atomic E-state index is 2.77. The minimum absolute atomic E-state index is 0.0323. The van der Waals surface area contributed by atoms with Gasteiger partial charge in [-0.15, -0.1) is 0 Å². The first kappa shape index (κ1) is 37.7. The number of hydrogen-bond donors (Lipinski definition) is 0. The molecular formula is C60H57BN2. The molecule has 0 N–H and O–H groups in total. The highest BCUT2D eigenvalue weighted by molar-refractivity contribution is 6.93. The maximum atomic E-state index is 2.77. The van der Waals surface area contributed by atoms with Crippen molar-refractivity contribution in [3.8, 4) is 39.1 Å². The van der Waals surface area contributed by atoms with Crippen molar-refractivity contribution in [3.05, 3.63) is 160 Å². The van der Waals surface area contributed by atoms with Crippen LogP contribution in [0, 0.1) is 0 Å². The van der Waals surface area contributed by atoms with E-state index in [1.807, 2.05) is 0 Å². The van der Waals surface area contributed by atoms with Gasteiger partial charge in [-0.1, -0.05) is 155 Å². The van der Waals surface area contributed by atoms with Crippen molar-refractivity contribution in [1.29, 1.82) is 0 Å². The minimum Gasteiger partial charge on any atom is -0.376 e. The van der Waals surface area contributed by atoms with Crippen LogP contribution in [-0.2, 0) is 27.1 Å². The monoisotopic (exact) mass is 816 g/mol. The number of aromatic nitrogens is 1. The second-order valence-corrected chi connectivity index (χ2v) is 23.2. The van der Waals surface area contributed by atoms with E-state index >= 15 is 0 Å². The first-order valence-electron chi connectivity index (χ1n) is 23.5. The Labute approximate surface area is 374 Å². The first-order chi connectivity index (χ1) is 29.9. The topological polar surface area (TPSA) is 8.17 Å². The van der Waals surface area contributed by atoms with E-state index in [2.05, 4.69) is 207 Å². The van der Waals surface area contributed by atoms with Crippen molar-refractivity contribution in [2.24, 2.45) is 0 Å². The highest BCUT2D eigenvalue weighted by Gasteiger charge is 2.48. The fourth-order valence-corrected chi connectivity index (χ4v) is 13.2. The van der Waals surface area contributed by atoms with Crippen molar-refractivity contribution < 1.29 is 0 Å². The van der Waals surface area contributed by atoms with E-state index in [1.165, 1.54) is 135 Å². The van der Waals surface area contributed by atoms with E-state index in [1.54, 1.807) is 0 Å². The quantitative estimate of drug-likeness (QED) is 0.150. The van der Waals surface area contributed by atoms with Gasteiger partial charge in [0.05, 0.1) is 11.0 Å². The van der Waals surface area contributed by atoms with Crippen LogP contribution >= 0.6 is 0 Å². The molecule has 63 heavy (non-hydrogen) atoms. The number of hydrogen-bond acceptors (Lipinski definition) is 1.